The number of pyridine rings is 1. The lowest BCUT2D eigenvalue weighted by atomic mass is 10.1. The van der Waals surface area contributed by atoms with Crippen molar-refractivity contribution in [3.63, 3.8) is 0 Å². The van der Waals surface area contributed by atoms with Gasteiger partial charge in [0.1, 0.15) is 5.69 Å². The SMILES string of the molecule is Cc1nn(Cc2ccc(CC#N)cc2)c(C)c1NC(=O)c1cc(C(N)=O)c2ccccc2n1. The van der Waals surface area contributed by atoms with Crippen LogP contribution in [-0.4, -0.2) is 26.6 Å². The van der Waals surface area contributed by atoms with Crippen LogP contribution in [0.4, 0.5) is 5.69 Å². The van der Waals surface area contributed by atoms with Crippen LogP contribution < -0.4 is 11.1 Å². The summed E-state index contributed by atoms with van der Waals surface area (Å²) in [5.74, 6) is -1.07. The first-order valence-corrected chi connectivity index (χ1v) is 10.4. The first-order chi connectivity index (χ1) is 15.9. The third kappa shape index (κ3) is 4.43. The molecule has 0 radical (unpaired) electrons. The number of carbonyl (C=O) groups is 2. The summed E-state index contributed by atoms with van der Waals surface area (Å²) in [5.41, 5.74) is 10.4. The first kappa shape index (κ1) is 21.7. The van der Waals surface area contributed by atoms with Gasteiger partial charge in [-0.3, -0.25) is 14.3 Å². The number of hydrogen-bond acceptors (Lipinski definition) is 5. The highest BCUT2D eigenvalue weighted by atomic mass is 16.2. The summed E-state index contributed by atoms with van der Waals surface area (Å²) in [5, 5.41) is 16.9. The summed E-state index contributed by atoms with van der Waals surface area (Å²) in [6, 6.07) is 18.4. The van der Waals surface area contributed by atoms with Gasteiger partial charge in [0.15, 0.2) is 0 Å². The summed E-state index contributed by atoms with van der Waals surface area (Å²) in [4.78, 5) is 29.3. The van der Waals surface area contributed by atoms with Crippen molar-refractivity contribution in [3.05, 3.63) is 88.4 Å². The average Bonchev–Trinajstić information content (AvgIpc) is 3.06. The third-order valence-corrected chi connectivity index (χ3v) is 5.47. The second-order valence-electron chi connectivity index (χ2n) is 7.75. The molecule has 33 heavy (non-hydrogen) atoms. The van der Waals surface area contributed by atoms with Crippen molar-refractivity contribution >= 4 is 28.4 Å². The fraction of sp³-hybridized carbons (Fsp3) is 0.160. The molecule has 2 heterocycles. The number of benzene rings is 2. The molecule has 0 saturated carbocycles. The Morgan fingerprint density at radius 3 is 2.48 bits per heavy atom. The summed E-state index contributed by atoms with van der Waals surface area (Å²) in [6.45, 7) is 4.22. The van der Waals surface area contributed by atoms with Crippen LogP contribution in [0.1, 0.15) is 43.4 Å². The predicted molar refractivity (Wildman–Crippen MR) is 125 cm³/mol. The maximum Gasteiger partial charge on any atom is 0.274 e. The number of para-hydroxylation sites is 1. The van der Waals surface area contributed by atoms with Crippen molar-refractivity contribution in [3.8, 4) is 6.07 Å². The monoisotopic (exact) mass is 438 g/mol. The number of nitrogens with zero attached hydrogens (tertiary/aromatic N) is 4. The second-order valence-corrected chi connectivity index (χ2v) is 7.75. The lowest BCUT2D eigenvalue weighted by molar-refractivity contribution is 0.100. The number of hydrogen-bond donors (Lipinski definition) is 2. The van der Waals surface area contributed by atoms with Crippen LogP contribution in [0.2, 0.25) is 0 Å². The molecule has 2 amide bonds. The lowest BCUT2D eigenvalue weighted by Gasteiger charge is -2.09. The van der Waals surface area contributed by atoms with E-state index in [0.29, 0.717) is 35.2 Å². The van der Waals surface area contributed by atoms with Gasteiger partial charge in [-0.2, -0.15) is 10.4 Å². The fourth-order valence-electron chi connectivity index (χ4n) is 3.73. The topological polar surface area (TPSA) is 127 Å². The molecule has 4 aromatic rings. The predicted octanol–water partition coefficient (Wildman–Crippen LogP) is 3.51. The molecule has 0 unspecified atom stereocenters. The molecule has 0 bridgehead atoms. The molecule has 3 N–H and O–H groups in total. The van der Waals surface area contributed by atoms with E-state index in [1.54, 1.807) is 24.3 Å². The van der Waals surface area contributed by atoms with Crippen LogP contribution in [0.5, 0.6) is 0 Å². The van der Waals surface area contributed by atoms with E-state index in [4.69, 9.17) is 11.0 Å². The minimum Gasteiger partial charge on any atom is -0.366 e. The Labute approximate surface area is 190 Å². The molecule has 0 saturated heterocycles. The number of carbonyl (C=O) groups excluding carboxylic acids is 2. The van der Waals surface area contributed by atoms with Crippen LogP contribution in [0.3, 0.4) is 0 Å². The number of rotatable bonds is 6. The van der Waals surface area contributed by atoms with Crippen LogP contribution in [-0.2, 0) is 13.0 Å². The zero-order chi connectivity index (χ0) is 23.5. The van der Waals surface area contributed by atoms with Gasteiger partial charge in [0.05, 0.1) is 47.2 Å². The molecule has 0 aliphatic heterocycles. The lowest BCUT2D eigenvalue weighted by Crippen LogP contribution is -2.18. The van der Waals surface area contributed by atoms with Gasteiger partial charge in [-0.05, 0) is 37.1 Å². The molecule has 0 aliphatic rings. The van der Waals surface area contributed by atoms with Gasteiger partial charge in [-0.1, -0.05) is 42.5 Å². The number of aryl methyl sites for hydroxylation is 1. The number of nitrogens with two attached hydrogens (primary N) is 1. The highest BCUT2D eigenvalue weighted by Crippen LogP contribution is 2.23. The summed E-state index contributed by atoms with van der Waals surface area (Å²) in [7, 11) is 0. The molecule has 8 nitrogen and oxygen atoms in total. The maximum absolute atomic E-state index is 13.0. The van der Waals surface area contributed by atoms with Gasteiger partial charge in [0.2, 0.25) is 5.91 Å². The van der Waals surface area contributed by atoms with E-state index in [1.165, 1.54) is 6.07 Å². The molecule has 0 spiro atoms. The van der Waals surface area contributed by atoms with Gasteiger partial charge in [0.25, 0.3) is 5.91 Å². The third-order valence-electron chi connectivity index (χ3n) is 5.47. The molecular weight excluding hydrogens is 416 g/mol. The van der Waals surface area contributed by atoms with E-state index in [1.807, 2.05) is 42.8 Å². The Balaban J connectivity index is 1.60. The molecule has 8 heteroatoms. The van der Waals surface area contributed by atoms with E-state index in [-0.39, 0.29) is 11.3 Å². The Hall–Kier alpha value is -4.51. The number of anilines is 1. The largest absolute Gasteiger partial charge is 0.366 e. The molecule has 0 atom stereocenters. The quantitative estimate of drug-likeness (QED) is 0.476. The summed E-state index contributed by atoms with van der Waals surface area (Å²) < 4.78 is 1.81. The van der Waals surface area contributed by atoms with Gasteiger partial charge in [-0.15, -0.1) is 0 Å². The van der Waals surface area contributed by atoms with Crippen LogP contribution in [0.15, 0.2) is 54.6 Å². The number of amides is 2. The minimum absolute atomic E-state index is 0.0992. The van der Waals surface area contributed by atoms with E-state index < -0.39 is 11.8 Å². The van der Waals surface area contributed by atoms with E-state index in [9.17, 15) is 9.59 Å². The number of nitrogens with one attached hydrogen (secondary N) is 1. The second kappa shape index (κ2) is 8.93. The van der Waals surface area contributed by atoms with Crippen molar-refractivity contribution in [1.82, 2.24) is 14.8 Å². The normalized spacial score (nSPS) is 10.7. The van der Waals surface area contributed by atoms with Gasteiger partial charge >= 0.3 is 0 Å². The minimum atomic E-state index is -0.622. The standard InChI is InChI=1S/C25H22N6O2/c1-15-23(16(2)31(30-15)14-18-9-7-17(8-10-18)11-12-26)29-25(33)22-13-20(24(27)32)19-5-3-4-6-21(19)28-22/h3-10,13H,11,14H2,1-2H3,(H2,27,32)(H,29,33). The fourth-order valence-corrected chi connectivity index (χ4v) is 3.73. The Bertz CT molecular complexity index is 1410. The summed E-state index contributed by atoms with van der Waals surface area (Å²) >= 11 is 0. The van der Waals surface area contributed by atoms with Crippen LogP contribution >= 0.6 is 0 Å². The first-order valence-electron chi connectivity index (χ1n) is 10.4. The molecular formula is C25H22N6O2. The zero-order valence-corrected chi connectivity index (χ0v) is 18.3. The number of nitriles is 1. The van der Waals surface area contributed by atoms with Crippen molar-refractivity contribution in [2.45, 2.75) is 26.8 Å². The molecule has 2 aromatic heterocycles. The summed E-state index contributed by atoms with van der Waals surface area (Å²) in [6.07, 6.45) is 0.372. The highest BCUT2D eigenvalue weighted by Gasteiger charge is 2.19. The molecule has 0 fully saturated rings. The highest BCUT2D eigenvalue weighted by molar-refractivity contribution is 6.10. The Morgan fingerprint density at radius 2 is 1.79 bits per heavy atom. The number of primary amides is 1. The molecule has 4 rings (SSSR count). The van der Waals surface area contributed by atoms with Gasteiger partial charge < -0.3 is 11.1 Å². The zero-order valence-electron chi connectivity index (χ0n) is 18.3. The molecule has 0 aliphatic carbocycles. The van der Waals surface area contributed by atoms with Crippen molar-refractivity contribution in [2.24, 2.45) is 5.73 Å². The van der Waals surface area contributed by atoms with Gasteiger partial charge in [0, 0.05) is 5.39 Å². The average molecular weight is 438 g/mol. The van der Waals surface area contributed by atoms with Crippen LogP contribution in [0, 0.1) is 25.2 Å². The van der Waals surface area contributed by atoms with E-state index >= 15 is 0 Å². The molecule has 2 aromatic carbocycles. The Morgan fingerprint density at radius 1 is 1.09 bits per heavy atom. The van der Waals surface area contributed by atoms with E-state index in [0.717, 1.165) is 16.8 Å². The number of aromatic nitrogens is 3. The smallest absolute Gasteiger partial charge is 0.274 e. The van der Waals surface area contributed by atoms with Crippen molar-refractivity contribution in [1.29, 1.82) is 5.26 Å². The van der Waals surface area contributed by atoms with Crippen molar-refractivity contribution < 1.29 is 9.59 Å². The van der Waals surface area contributed by atoms with Crippen molar-refractivity contribution in [2.75, 3.05) is 5.32 Å². The van der Waals surface area contributed by atoms with E-state index in [2.05, 4.69) is 21.5 Å². The Kier molecular flexibility index (Phi) is 5.87. The number of fused-ring (bicyclic) bond motifs is 1. The van der Waals surface area contributed by atoms with Crippen LogP contribution in [0.25, 0.3) is 10.9 Å². The molecule has 164 valence electrons. The van der Waals surface area contributed by atoms with Gasteiger partial charge in [-0.25, -0.2) is 4.98 Å². The maximum atomic E-state index is 13.0.